The van der Waals surface area contributed by atoms with Gasteiger partial charge in [0, 0.05) is 32.8 Å². The van der Waals surface area contributed by atoms with Crippen molar-refractivity contribution in [2.24, 2.45) is 0 Å². The Bertz CT molecular complexity index is 588. The van der Waals surface area contributed by atoms with Crippen molar-refractivity contribution >= 4 is 23.3 Å². The summed E-state index contributed by atoms with van der Waals surface area (Å²) in [4.78, 5) is 24.8. The Balaban J connectivity index is 1.82. The normalized spacial score (nSPS) is 16.7. The number of hydrogen-bond acceptors (Lipinski definition) is 3. The van der Waals surface area contributed by atoms with Gasteiger partial charge in [-0.3, -0.25) is 4.79 Å². The topological polar surface area (TPSA) is 70.7 Å². The minimum Gasteiger partial charge on any atom is -0.378 e. The molecule has 1 atom stereocenters. The Morgan fingerprint density at radius 1 is 1.38 bits per heavy atom. The Morgan fingerprint density at radius 3 is 2.83 bits per heavy atom. The van der Waals surface area contributed by atoms with Gasteiger partial charge >= 0.3 is 6.03 Å². The highest BCUT2D eigenvalue weighted by molar-refractivity contribution is 5.92. The van der Waals surface area contributed by atoms with E-state index in [1.165, 1.54) is 25.1 Å². The summed E-state index contributed by atoms with van der Waals surface area (Å²) in [7, 11) is 1.71. The highest BCUT2D eigenvalue weighted by Gasteiger charge is 2.16. The predicted octanol–water partition coefficient (Wildman–Crippen LogP) is 3.21. The molecular weight excluding hydrogens is 313 g/mol. The molecule has 1 aliphatic heterocycles. The third-order valence-electron chi connectivity index (χ3n) is 3.92. The maximum atomic E-state index is 13.6. The fourth-order valence-corrected chi connectivity index (χ4v) is 2.64. The van der Waals surface area contributed by atoms with E-state index in [9.17, 15) is 14.0 Å². The van der Waals surface area contributed by atoms with E-state index in [1.54, 1.807) is 11.9 Å². The molecule has 0 spiro atoms. The summed E-state index contributed by atoms with van der Waals surface area (Å²) in [6, 6.07) is 3.79. The van der Waals surface area contributed by atoms with Crippen molar-refractivity contribution in [2.75, 3.05) is 30.8 Å². The van der Waals surface area contributed by atoms with E-state index in [2.05, 4.69) is 10.6 Å². The average molecular weight is 337 g/mol. The molecule has 1 heterocycles. The van der Waals surface area contributed by atoms with Gasteiger partial charge in [0.25, 0.3) is 0 Å². The number of anilines is 2. The van der Waals surface area contributed by atoms with Gasteiger partial charge in [-0.2, -0.15) is 0 Å². The van der Waals surface area contributed by atoms with Gasteiger partial charge in [-0.15, -0.1) is 0 Å². The standard InChI is InChI=1S/C17H24FN3O3/c1-12(22)19-16-11-13(7-8-15(16)18)20-17(23)21(2)9-3-5-14-6-4-10-24-14/h7-8,11,14H,3-6,9-10H2,1-2H3,(H,19,22)(H,20,23)/t14-/m1/s1. The smallest absolute Gasteiger partial charge is 0.321 e. The van der Waals surface area contributed by atoms with Gasteiger partial charge in [0.1, 0.15) is 5.82 Å². The van der Waals surface area contributed by atoms with Crippen molar-refractivity contribution in [3.05, 3.63) is 24.0 Å². The van der Waals surface area contributed by atoms with Crippen molar-refractivity contribution < 1.29 is 18.7 Å². The fourth-order valence-electron chi connectivity index (χ4n) is 2.64. The number of urea groups is 1. The lowest BCUT2D eigenvalue weighted by molar-refractivity contribution is -0.114. The number of rotatable bonds is 6. The Morgan fingerprint density at radius 2 is 2.17 bits per heavy atom. The number of carbonyl (C=O) groups is 2. The van der Waals surface area contributed by atoms with E-state index < -0.39 is 5.82 Å². The van der Waals surface area contributed by atoms with Crippen molar-refractivity contribution in [3.63, 3.8) is 0 Å². The molecule has 1 aliphatic rings. The zero-order valence-corrected chi connectivity index (χ0v) is 14.1. The summed E-state index contributed by atoms with van der Waals surface area (Å²) in [5.41, 5.74) is 0.470. The molecule has 0 radical (unpaired) electrons. The molecule has 1 aromatic rings. The quantitative estimate of drug-likeness (QED) is 0.837. The number of ether oxygens (including phenoxy) is 1. The molecule has 3 amide bonds. The van der Waals surface area contributed by atoms with Crippen LogP contribution in [0.4, 0.5) is 20.6 Å². The molecule has 1 aromatic carbocycles. The second-order valence-corrected chi connectivity index (χ2v) is 6.00. The summed E-state index contributed by atoms with van der Waals surface area (Å²) in [5, 5.41) is 5.09. The molecule has 24 heavy (non-hydrogen) atoms. The van der Waals surface area contributed by atoms with Crippen LogP contribution in [-0.4, -0.2) is 43.1 Å². The number of benzene rings is 1. The van der Waals surface area contributed by atoms with Gasteiger partial charge in [-0.05, 0) is 43.9 Å². The van der Waals surface area contributed by atoms with Crippen LogP contribution in [0, 0.1) is 5.82 Å². The lowest BCUT2D eigenvalue weighted by atomic mass is 10.1. The van der Waals surface area contributed by atoms with Gasteiger partial charge in [0.2, 0.25) is 5.91 Å². The highest BCUT2D eigenvalue weighted by Crippen LogP contribution is 2.20. The number of amides is 3. The first-order valence-electron chi connectivity index (χ1n) is 8.16. The van der Waals surface area contributed by atoms with Crippen molar-refractivity contribution in [3.8, 4) is 0 Å². The van der Waals surface area contributed by atoms with Crippen LogP contribution >= 0.6 is 0 Å². The summed E-state index contributed by atoms with van der Waals surface area (Å²) in [6.45, 7) is 2.75. The second kappa shape index (κ2) is 8.63. The van der Waals surface area contributed by atoms with E-state index in [1.807, 2.05) is 0 Å². The van der Waals surface area contributed by atoms with Crippen molar-refractivity contribution in [1.29, 1.82) is 0 Å². The van der Waals surface area contributed by atoms with Crippen LogP contribution in [-0.2, 0) is 9.53 Å². The first-order chi connectivity index (χ1) is 11.5. The van der Waals surface area contributed by atoms with E-state index in [4.69, 9.17) is 4.74 Å². The van der Waals surface area contributed by atoms with Crippen LogP contribution in [0.1, 0.15) is 32.6 Å². The van der Waals surface area contributed by atoms with Gasteiger partial charge in [-0.25, -0.2) is 9.18 Å². The minimum atomic E-state index is -0.548. The third-order valence-corrected chi connectivity index (χ3v) is 3.92. The van der Waals surface area contributed by atoms with Crippen LogP contribution in [0.2, 0.25) is 0 Å². The summed E-state index contributed by atoms with van der Waals surface area (Å²) in [6.07, 6.45) is 4.34. The maximum Gasteiger partial charge on any atom is 0.321 e. The molecule has 0 unspecified atom stereocenters. The number of nitrogens with one attached hydrogen (secondary N) is 2. The minimum absolute atomic E-state index is 0.0429. The maximum absolute atomic E-state index is 13.6. The van der Waals surface area contributed by atoms with Gasteiger partial charge in [0.05, 0.1) is 11.8 Å². The lowest BCUT2D eigenvalue weighted by Gasteiger charge is -2.19. The van der Waals surface area contributed by atoms with Crippen LogP contribution < -0.4 is 10.6 Å². The molecule has 1 saturated heterocycles. The number of nitrogens with zero attached hydrogens (tertiary/aromatic N) is 1. The zero-order valence-electron chi connectivity index (χ0n) is 14.1. The number of hydrogen-bond donors (Lipinski definition) is 2. The van der Waals surface area contributed by atoms with Gasteiger partial charge in [0.15, 0.2) is 0 Å². The molecule has 1 fully saturated rings. The predicted molar refractivity (Wildman–Crippen MR) is 90.6 cm³/mol. The molecule has 0 aromatic heterocycles. The first kappa shape index (κ1) is 18.2. The fraction of sp³-hybridized carbons (Fsp3) is 0.529. The summed E-state index contributed by atoms with van der Waals surface area (Å²) < 4.78 is 19.1. The van der Waals surface area contributed by atoms with E-state index in [0.29, 0.717) is 18.3 Å². The SMILES string of the molecule is CC(=O)Nc1cc(NC(=O)N(C)CCC[C@@H]2CCCO2)ccc1F. The molecule has 2 N–H and O–H groups in total. The Hall–Kier alpha value is -2.15. The summed E-state index contributed by atoms with van der Waals surface area (Å²) in [5.74, 6) is -0.920. The largest absolute Gasteiger partial charge is 0.378 e. The Kier molecular flexibility index (Phi) is 6.54. The lowest BCUT2D eigenvalue weighted by Crippen LogP contribution is -2.32. The van der Waals surface area contributed by atoms with Gasteiger partial charge in [-0.1, -0.05) is 0 Å². The second-order valence-electron chi connectivity index (χ2n) is 6.00. The molecule has 6 nitrogen and oxygen atoms in total. The Labute approximate surface area is 141 Å². The van der Waals surface area contributed by atoms with Crippen molar-refractivity contribution in [1.82, 2.24) is 4.90 Å². The molecule has 2 rings (SSSR count). The molecular formula is C17H24FN3O3. The molecule has 0 bridgehead atoms. The van der Waals surface area contributed by atoms with Crippen LogP contribution in [0.25, 0.3) is 0 Å². The van der Waals surface area contributed by atoms with Crippen LogP contribution in [0.5, 0.6) is 0 Å². The highest BCUT2D eigenvalue weighted by atomic mass is 19.1. The van der Waals surface area contributed by atoms with E-state index in [-0.39, 0.29) is 17.6 Å². The molecule has 0 aliphatic carbocycles. The molecule has 7 heteroatoms. The van der Waals surface area contributed by atoms with E-state index in [0.717, 1.165) is 32.3 Å². The summed E-state index contributed by atoms with van der Waals surface area (Å²) >= 11 is 0. The van der Waals surface area contributed by atoms with E-state index >= 15 is 0 Å². The van der Waals surface area contributed by atoms with Crippen LogP contribution in [0.3, 0.4) is 0 Å². The van der Waals surface area contributed by atoms with Crippen molar-refractivity contribution in [2.45, 2.75) is 38.7 Å². The molecule has 132 valence electrons. The monoisotopic (exact) mass is 337 g/mol. The average Bonchev–Trinajstić information content (AvgIpc) is 3.03. The first-order valence-corrected chi connectivity index (χ1v) is 8.16. The van der Waals surface area contributed by atoms with Gasteiger partial charge < -0.3 is 20.3 Å². The third kappa shape index (κ3) is 5.49. The zero-order chi connectivity index (χ0) is 17.5. The van der Waals surface area contributed by atoms with Crippen LogP contribution in [0.15, 0.2) is 18.2 Å². The number of carbonyl (C=O) groups excluding carboxylic acids is 2. The number of halogens is 1. The molecule has 0 saturated carbocycles.